The molecule has 0 radical (unpaired) electrons. The molecule has 6 heteroatoms. The lowest BCUT2D eigenvalue weighted by molar-refractivity contribution is -0.883. The third-order valence-corrected chi connectivity index (χ3v) is 3.31. The van der Waals surface area contributed by atoms with E-state index >= 15 is 0 Å². The van der Waals surface area contributed by atoms with E-state index in [2.05, 4.69) is 7.05 Å². The molecule has 0 aromatic rings. The Morgan fingerprint density at radius 2 is 1.93 bits per heavy atom. The number of amides is 1. The van der Waals surface area contributed by atoms with Crippen molar-refractivity contribution in [2.45, 2.75) is 0 Å². The van der Waals surface area contributed by atoms with E-state index in [1.54, 1.807) is 4.90 Å². The summed E-state index contributed by atoms with van der Waals surface area (Å²) in [6.45, 7) is 3.49. The van der Waals surface area contributed by atoms with Gasteiger partial charge in [0.1, 0.15) is 0 Å². The predicted octanol–water partition coefficient (Wildman–Crippen LogP) is -3.17. The summed E-state index contributed by atoms with van der Waals surface area (Å²) in [4.78, 5) is 24.9. The highest BCUT2D eigenvalue weighted by Crippen LogP contribution is 2.02. The minimum atomic E-state index is -1.12. The first kappa shape index (κ1) is 12.3. The molecule has 0 bridgehead atoms. The SMILES string of the molecule is C[NH+]1CCN(C(=O)CSCC(=O)[O-])CC1. The predicted molar refractivity (Wildman–Crippen MR) is 55.5 cm³/mol. The topological polar surface area (TPSA) is 64.9 Å². The van der Waals surface area contributed by atoms with Crippen LogP contribution in [0.2, 0.25) is 0 Å². The number of piperazine rings is 1. The average molecular weight is 232 g/mol. The van der Waals surface area contributed by atoms with E-state index in [1.807, 2.05) is 0 Å². The summed E-state index contributed by atoms with van der Waals surface area (Å²) in [6.07, 6.45) is 0. The number of hydrogen-bond acceptors (Lipinski definition) is 4. The van der Waals surface area contributed by atoms with E-state index in [0.717, 1.165) is 37.9 Å². The van der Waals surface area contributed by atoms with Crippen molar-refractivity contribution >= 4 is 23.6 Å². The van der Waals surface area contributed by atoms with Crippen molar-refractivity contribution < 1.29 is 19.6 Å². The molecule has 1 aliphatic rings. The largest absolute Gasteiger partial charge is 0.549 e. The van der Waals surface area contributed by atoms with Gasteiger partial charge in [-0.25, -0.2) is 0 Å². The molecule has 0 atom stereocenters. The molecule has 0 aliphatic carbocycles. The third-order valence-electron chi connectivity index (χ3n) is 2.42. The van der Waals surface area contributed by atoms with Crippen LogP contribution in [0, 0.1) is 0 Å². The van der Waals surface area contributed by atoms with Crippen LogP contribution in [0.5, 0.6) is 0 Å². The fraction of sp³-hybridized carbons (Fsp3) is 0.778. The second kappa shape index (κ2) is 5.97. The maximum absolute atomic E-state index is 11.6. The summed E-state index contributed by atoms with van der Waals surface area (Å²) < 4.78 is 0. The minimum absolute atomic E-state index is 0.0359. The Hall–Kier alpha value is -0.750. The second-order valence-corrected chi connectivity index (χ2v) is 4.69. The van der Waals surface area contributed by atoms with Gasteiger partial charge in [-0.1, -0.05) is 0 Å². The molecule has 0 unspecified atom stereocenters. The molecule has 1 amide bonds. The summed E-state index contributed by atoms with van der Waals surface area (Å²) in [7, 11) is 2.10. The fourth-order valence-electron chi connectivity index (χ4n) is 1.45. The Kier molecular flexibility index (Phi) is 4.90. The van der Waals surface area contributed by atoms with Crippen LogP contribution in [0.25, 0.3) is 0 Å². The Balaban J connectivity index is 2.19. The van der Waals surface area contributed by atoms with E-state index in [-0.39, 0.29) is 17.4 Å². The lowest BCUT2D eigenvalue weighted by atomic mass is 10.3. The Morgan fingerprint density at radius 1 is 1.33 bits per heavy atom. The van der Waals surface area contributed by atoms with Crippen LogP contribution in [0.1, 0.15) is 0 Å². The van der Waals surface area contributed by atoms with Gasteiger partial charge in [-0.2, -0.15) is 0 Å². The molecule has 5 nitrogen and oxygen atoms in total. The number of nitrogens with one attached hydrogen (secondary N) is 1. The van der Waals surface area contributed by atoms with Crippen LogP contribution in [0.4, 0.5) is 0 Å². The molecule has 1 fully saturated rings. The number of thioether (sulfide) groups is 1. The Labute approximate surface area is 93.4 Å². The standard InChI is InChI=1S/C9H16N2O3S/c1-10-2-4-11(5-3-10)8(12)6-15-7-9(13)14/h2-7H2,1H3,(H,13,14). The van der Waals surface area contributed by atoms with Gasteiger partial charge in [0, 0.05) is 5.75 Å². The number of rotatable bonds is 4. The van der Waals surface area contributed by atoms with Crippen molar-refractivity contribution in [3.63, 3.8) is 0 Å². The highest BCUT2D eigenvalue weighted by molar-refractivity contribution is 8.00. The van der Waals surface area contributed by atoms with E-state index in [9.17, 15) is 14.7 Å². The number of hydrogen-bond donors (Lipinski definition) is 1. The maximum atomic E-state index is 11.6. The van der Waals surface area contributed by atoms with Gasteiger partial charge >= 0.3 is 0 Å². The molecule has 1 rings (SSSR count). The minimum Gasteiger partial charge on any atom is -0.549 e. The first-order valence-corrected chi connectivity index (χ1v) is 6.11. The molecule has 1 aliphatic heterocycles. The summed E-state index contributed by atoms with van der Waals surface area (Å²) in [5, 5.41) is 10.1. The molecule has 15 heavy (non-hydrogen) atoms. The fourth-order valence-corrected chi connectivity index (χ4v) is 2.08. The van der Waals surface area contributed by atoms with Crippen molar-refractivity contribution in [1.82, 2.24) is 4.90 Å². The number of carbonyl (C=O) groups is 2. The van der Waals surface area contributed by atoms with Gasteiger partial charge < -0.3 is 19.7 Å². The van der Waals surface area contributed by atoms with Gasteiger partial charge in [0.2, 0.25) is 5.91 Å². The van der Waals surface area contributed by atoms with Gasteiger partial charge in [0.05, 0.1) is 44.9 Å². The van der Waals surface area contributed by atoms with Crippen LogP contribution >= 0.6 is 11.8 Å². The molecule has 1 saturated heterocycles. The van der Waals surface area contributed by atoms with Crippen molar-refractivity contribution in [1.29, 1.82) is 0 Å². The molecule has 0 spiro atoms. The zero-order valence-electron chi connectivity index (χ0n) is 8.82. The smallest absolute Gasteiger partial charge is 0.232 e. The molecule has 0 aromatic heterocycles. The van der Waals surface area contributed by atoms with Crippen LogP contribution in [0.3, 0.4) is 0 Å². The van der Waals surface area contributed by atoms with Gasteiger partial charge in [-0.05, 0) is 0 Å². The van der Waals surface area contributed by atoms with Gasteiger partial charge in [-0.15, -0.1) is 11.8 Å². The number of carboxylic acids is 1. The first-order chi connectivity index (χ1) is 7.09. The molecular weight excluding hydrogens is 216 g/mol. The first-order valence-electron chi connectivity index (χ1n) is 4.96. The van der Waals surface area contributed by atoms with Gasteiger partial charge in [0.15, 0.2) is 0 Å². The average Bonchev–Trinajstić information content (AvgIpc) is 2.18. The summed E-state index contributed by atoms with van der Waals surface area (Å²) in [6, 6.07) is 0. The van der Waals surface area contributed by atoms with E-state index < -0.39 is 5.97 Å². The van der Waals surface area contributed by atoms with E-state index in [0.29, 0.717) is 0 Å². The van der Waals surface area contributed by atoms with Crippen LogP contribution in [-0.2, 0) is 9.59 Å². The summed E-state index contributed by atoms with van der Waals surface area (Å²) >= 11 is 1.10. The van der Waals surface area contributed by atoms with Gasteiger partial charge in [0.25, 0.3) is 0 Å². The zero-order valence-corrected chi connectivity index (χ0v) is 9.64. The lowest BCUT2D eigenvalue weighted by Gasteiger charge is -2.30. The number of carbonyl (C=O) groups excluding carboxylic acids is 2. The second-order valence-electron chi connectivity index (χ2n) is 3.70. The number of aliphatic carboxylic acids is 1. The molecule has 1 heterocycles. The third kappa shape index (κ3) is 4.53. The molecule has 1 N–H and O–H groups in total. The van der Waals surface area contributed by atoms with Crippen LogP contribution in [0.15, 0.2) is 0 Å². The van der Waals surface area contributed by atoms with Crippen molar-refractivity contribution in [2.75, 3.05) is 44.7 Å². The van der Waals surface area contributed by atoms with E-state index in [4.69, 9.17) is 0 Å². The van der Waals surface area contributed by atoms with E-state index in [1.165, 1.54) is 4.90 Å². The van der Waals surface area contributed by atoms with Crippen LogP contribution < -0.4 is 10.0 Å². The Morgan fingerprint density at radius 3 is 2.47 bits per heavy atom. The van der Waals surface area contributed by atoms with Gasteiger partial charge in [-0.3, -0.25) is 4.79 Å². The highest BCUT2D eigenvalue weighted by Gasteiger charge is 2.20. The van der Waals surface area contributed by atoms with Crippen molar-refractivity contribution in [3.8, 4) is 0 Å². The number of nitrogens with zero attached hydrogens (tertiary/aromatic N) is 1. The lowest BCUT2D eigenvalue weighted by Crippen LogP contribution is -3.12. The molecule has 0 aromatic carbocycles. The quantitative estimate of drug-likeness (QED) is 0.555. The molecule has 86 valence electrons. The van der Waals surface area contributed by atoms with Crippen molar-refractivity contribution in [2.24, 2.45) is 0 Å². The highest BCUT2D eigenvalue weighted by atomic mass is 32.2. The van der Waals surface area contributed by atoms with Crippen LogP contribution in [-0.4, -0.2) is 61.5 Å². The summed E-state index contributed by atoms with van der Waals surface area (Å²) in [5.41, 5.74) is 0. The maximum Gasteiger partial charge on any atom is 0.232 e. The normalized spacial score (nSPS) is 17.8. The summed E-state index contributed by atoms with van der Waals surface area (Å²) in [5.74, 6) is -0.943. The van der Waals surface area contributed by atoms with Crippen molar-refractivity contribution in [3.05, 3.63) is 0 Å². The Bertz CT molecular complexity index is 240. The monoisotopic (exact) mass is 232 g/mol. The number of carboxylic acid groups (broad SMARTS) is 1. The zero-order chi connectivity index (χ0) is 11.3. The molecule has 0 saturated carbocycles. The number of quaternary nitrogens is 1. The number of likely N-dealkylation sites (N-methyl/N-ethyl adjacent to an activating group) is 1. The molecular formula is C9H16N2O3S.